The summed E-state index contributed by atoms with van der Waals surface area (Å²) >= 11 is 0. The van der Waals surface area contributed by atoms with Crippen molar-refractivity contribution in [3.63, 3.8) is 0 Å². The van der Waals surface area contributed by atoms with Crippen molar-refractivity contribution < 1.29 is 19.5 Å². The Kier molecular flexibility index (Phi) is 8.42. The third kappa shape index (κ3) is 5.49. The number of ether oxygens (including phenoxy) is 1. The molecule has 4 atom stereocenters. The summed E-state index contributed by atoms with van der Waals surface area (Å²) in [5.41, 5.74) is 1.55. The highest BCUT2D eigenvalue weighted by Crippen LogP contribution is 2.40. The van der Waals surface area contributed by atoms with Crippen LogP contribution in [0.3, 0.4) is 0 Å². The van der Waals surface area contributed by atoms with E-state index in [-0.39, 0.29) is 6.04 Å². The van der Waals surface area contributed by atoms with Gasteiger partial charge in [0.2, 0.25) is 5.95 Å². The number of aliphatic hydroxyl groups excluding tert-OH is 2. The highest BCUT2D eigenvalue weighted by molar-refractivity contribution is 5.84. The van der Waals surface area contributed by atoms with Gasteiger partial charge in [0, 0.05) is 31.6 Å². The first-order chi connectivity index (χ1) is 18.5. The normalized spacial score (nSPS) is 24.5. The average Bonchev–Trinajstić information content (AvgIpc) is 3.66. The van der Waals surface area contributed by atoms with Crippen LogP contribution in [-0.2, 0) is 11.2 Å². The molecule has 0 aliphatic carbocycles. The first kappa shape index (κ1) is 26.8. The van der Waals surface area contributed by atoms with Crippen molar-refractivity contribution in [3.05, 3.63) is 23.8 Å². The van der Waals surface area contributed by atoms with Crippen molar-refractivity contribution in [1.82, 2.24) is 29.6 Å². The largest absolute Gasteiger partial charge is 0.387 e. The van der Waals surface area contributed by atoms with E-state index in [0.29, 0.717) is 40.8 Å². The van der Waals surface area contributed by atoms with Crippen LogP contribution in [0.25, 0.3) is 11.2 Å². The quantitative estimate of drug-likeness (QED) is 0.291. The highest BCUT2D eigenvalue weighted by Gasteiger charge is 2.46. The molecule has 38 heavy (non-hydrogen) atoms. The Morgan fingerprint density at radius 3 is 2.58 bits per heavy atom. The average molecular weight is 529 g/mol. The first-order valence-electron chi connectivity index (χ1n) is 14.0. The van der Waals surface area contributed by atoms with Gasteiger partial charge in [-0.15, -0.1) is 0 Å². The van der Waals surface area contributed by atoms with Gasteiger partial charge in [-0.2, -0.15) is 9.97 Å². The Labute approximate surface area is 222 Å². The molecule has 2 aliphatic rings. The predicted molar refractivity (Wildman–Crippen MR) is 143 cm³/mol. The van der Waals surface area contributed by atoms with Gasteiger partial charge in [0.25, 0.3) is 0 Å². The maximum absolute atomic E-state index is 11.0. The molecule has 3 aromatic heterocycles. The van der Waals surface area contributed by atoms with Crippen LogP contribution in [0.5, 0.6) is 0 Å². The van der Waals surface area contributed by atoms with Crippen molar-refractivity contribution in [3.8, 4) is 0 Å². The fraction of sp³-hybridized carbons (Fsp3) is 0.692. The van der Waals surface area contributed by atoms with E-state index >= 15 is 0 Å². The number of anilines is 2. The number of nitrogens with one attached hydrogen (secondary N) is 2. The number of rotatable bonds is 11. The summed E-state index contributed by atoms with van der Waals surface area (Å²) in [6, 6.07) is 1.98. The van der Waals surface area contributed by atoms with Crippen LogP contribution in [0.4, 0.5) is 11.8 Å². The minimum Gasteiger partial charge on any atom is -0.387 e. The third-order valence-electron chi connectivity index (χ3n) is 7.64. The standard InChI is InChI=1S/C26H40N8O4/c1-4-16(5-2)29-23-19-24(31-26(30-23)27-10-13-33-11-8-7-9-12-33)34(15-28-19)25-21(36)20(35)22(37-25)18-14-17(6-3)38-32-18/h14-16,20-22,25,35-36H,4-13H2,1-3H3,(H2,27,29,30,31)/t20-,21+,22-,25+/m0/s1. The molecule has 12 nitrogen and oxygen atoms in total. The Bertz CT molecular complexity index is 1190. The second-order valence-corrected chi connectivity index (χ2v) is 10.2. The molecule has 0 spiro atoms. The maximum atomic E-state index is 11.0. The lowest BCUT2D eigenvalue weighted by molar-refractivity contribution is -0.0377. The maximum Gasteiger partial charge on any atom is 0.226 e. The van der Waals surface area contributed by atoms with Crippen LogP contribution in [0.1, 0.15) is 76.7 Å². The SMILES string of the molecule is CCc1cc([C@@H]2O[C@@H](n3cnc4c(NC(CC)CC)nc(NCCN5CCCCC5)nc43)[C@H](O)[C@@H]2O)no1. The van der Waals surface area contributed by atoms with Crippen molar-refractivity contribution in [2.45, 2.75) is 89.9 Å². The number of nitrogens with zero attached hydrogens (tertiary/aromatic N) is 6. The van der Waals surface area contributed by atoms with Crippen LogP contribution in [-0.4, -0.2) is 84.2 Å². The fourth-order valence-corrected chi connectivity index (χ4v) is 5.24. The van der Waals surface area contributed by atoms with E-state index in [1.165, 1.54) is 19.3 Å². The molecule has 0 unspecified atom stereocenters. The lowest BCUT2D eigenvalue weighted by Crippen LogP contribution is -2.34. The molecule has 3 aromatic rings. The van der Waals surface area contributed by atoms with Crippen molar-refractivity contribution in [2.75, 3.05) is 36.8 Å². The Hall–Kier alpha value is -2.80. The number of aliphatic hydroxyl groups is 2. The zero-order chi connectivity index (χ0) is 26.6. The number of piperidine rings is 1. The molecule has 2 fully saturated rings. The van der Waals surface area contributed by atoms with Gasteiger partial charge in [-0.25, -0.2) is 4.98 Å². The predicted octanol–water partition coefficient (Wildman–Crippen LogP) is 2.87. The number of hydrogen-bond donors (Lipinski definition) is 4. The first-order valence-corrected chi connectivity index (χ1v) is 14.0. The van der Waals surface area contributed by atoms with Crippen LogP contribution >= 0.6 is 0 Å². The van der Waals surface area contributed by atoms with Gasteiger partial charge in [-0.05, 0) is 38.8 Å². The lowest BCUT2D eigenvalue weighted by atomic mass is 10.1. The summed E-state index contributed by atoms with van der Waals surface area (Å²) < 4.78 is 13.1. The van der Waals surface area contributed by atoms with Crippen LogP contribution in [0.2, 0.25) is 0 Å². The van der Waals surface area contributed by atoms with Gasteiger partial charge in [-0.3, -0.25) is 4.57 Å². The number of imidazole rings is 1. The second-order valence-electron chi connectivity index (χ2n) is 10.2. The van der Waals surface area contributed by atoms with Gasteiger partial charge in [-0.1, -0.05) is 32.3 Å². The number of aryl methyl sites for hydroxylation is 1. The Balaban J connectivity index is 1.42. The van der Waals surface area contributed by atoms with Crippen LogP contribution in [0.15, 0.2) is 16.9 Å². The Morgan fingerprint density at radius 2 is 1.87 bits per heavy atom. The molecule has 0 radical (unpaired) electrons. The van der Waals surface area contributed by atoms with Gasteiger partial charge < -0.3 is 35.0 Å². The summed E-state index contributed by atoms with van der Waals surface area (Å²) in [5.74, 6) is 1.81. The number of aromatic nitrogens is 5. The summed E-state index contributed by atoms with van der Waals surface area (Å²) in [4.78, 5) is 16.6. The van der Waals surface area contributed by atoms with E-state index < -0.39 is 24.5 Å². The van der Waals surface area contributed by atoms with E-state index in [2.05, 4.69) is 39.5 Å². The zero-order valence-corrected chi connectivity index (χ0v) is 22.5. The molecular weight excluding hydrogens is 488 g/mol. The van der Waals surface area contributed by atoms with Crippen molar-refractivity contribution in [1.29, 1.82) is 0 Å². The van der Waals surface area contributed by atoms with Crippen LogP contribution < -0.4 is 10.6 Å². The highest BCUT2D eigenvalue weighted by atomic mass is 16.6. The molecule has 0 amide bonds. The molecule has 2 saturated heterocycles. The molecule has 208 valence electrons. The van der Waals surface area contributed by atoms with E-state index in [0.717, 1.165) is 39.0 Å². The van der Waals surface area contributed by atoms with Crippen molar-refractivity contribution >= 4 is 22.9 Å². The molecule has 0 bridgehead atoms. The fourth-order valence-electron chi connectivity index (χ4n) is 5.24. The second kappa shape index (κ2) is 11.9. The summed E-state index contributed by atoms with van der Waals surface area (Å²) in [7, 11) is 0. The van der Waals surface area contributed by atoms with Gasteiger partial charge in [0.1, 0.15) is 29.8 Å². The van der Waals surface area contributed by atoms with Crippen molar-refractivity contribution in [2.24, 2.45) is 0 Å². The van der Waals surface area contributed by atoms with Gasteiger partial charge >= 0.3 is 0 Å². The molecule has 2 aliphatic heterocycles. The Morgan fingerprint density at radius 1 is 1.08 bits per heavy atom. The van der Waals surface area contributed by atoms with E-state index in [9.17, 15) is 10.2 Å². The van der Waals surface area contributed by atoms with Gasteiger partial charge in [0.05, 0.1) is 6.33 Å². The van der Waals surface area contributed by atoms with Crippen LogP contribution in [0, 0.1) is 0 Å². The summed E-state index contributed by atoms with van der Waals surface area (Å²) in [6.45, 7) is 10.1. The number of fused-ring (bicyclic) bond motifs is 1. The molecular formula is C26H40N8O4. The zero-order valence-electron chi connectivity index (χ0n) is 22.5. The molecule has 4 N–H and O–H groups in total. The summed E-state index contributed by atoms with van der Waals surface area (Å²) in [6.07, 6.45) is 3.81. The monoisotopic (exact) mass is 528 g/mol. The molecule has 0 saturated carbocycles. The van der Waals surface area contributed by atoms with E-state index in [1.54, 1.807) is 17.0 Å². The lowest BCUT2D eigenvalue weighted by Gasteiger charge is -2.26. The van der Waals surface area contributed by atoms with Gasteiger partial charge in [0.15, 0.2) is 23.2 Å². The molecule has 0 aromatic carbocycles. The molecule has 5 rings (SSSR count). The summed E-state index contributed by atoms with van der Waals surface area (Å²) in [5, 5.41) is 32.7. The molecule has 5 heterocycles. The number of likely N-dealkylation sites (tertiary alicyclic amines) is 1. The topological polar surface area (TPSA) is 147 Å². The van der Waals surface area contributed by atoms with E-state index in [4.69, 9.17) is 19.2 Å². The minimum atomic E-state index is -1.21. The van der Waals surface area contributed by atoms with E-state index in [1.807, 2.05) is 6.92 Å². The minimum absolute atomic E-state index is 0.235. The smallest absolute Gasteiger partial charge is 0.226 e. The number of hydrogen-bond acceptors (Lipinski definition) is 11. The molecule has 12 heteroatoms. The third-order valence-corrected chi connectivity index (χ3v) is 7.64.